The van der Waals surface area contributed by atoms with Crippen molar-refractivity contribution in [2.24, 2.45) is 0 Å². The highest BCUT2D eigenvalue weighted by atomic mass is 35.5. The molecule has 4 rings (SSSR count). The smallest absolute Gasteiger partial charge is 0.222 e. The summed E-state index contributed by atoms with van der Waals surface area (Å²) in [6.45, 7) is 4.11. The zero-order chi connectivity index (χ0) is 22.7. The van der Waals surface area contributed by atoms with Crippen LogP contribution < -0.4 is 5.32 Å². The normalized spacial score (nSPS) is 13.6. The quantitative estimate of drug-likeness (QED) is 0.454. The van der Waals surface area contributed by atoms with Crippen LogP contribution in [0.25, 0.3) is 22.4 Å². The second-order valence-corrected chi connectivity index (χ2v) is 8.45. The zero-order valence-corrected chi connectivity index (χ0v) is 18.6. The van der Waals surface area contributed by atoms with Crippen LogP contribution in [0.3, 0.4) is 0 Å². The molecule has 0 bridgehead atoms. The lowest BCUT2D eigenvalue weighted by Gasteiger charge is -2.16. The van der Waals surface area contributed by atoms with Crippen LogP contribution in [0.4, 0.5) is 10.2 Å². The maximum atomic E-state index is 14.1. The Morgan fingerprint density at radius 1 is 1.16 bits per heavy atom. The fourth-order valence-electron chi connectivity index (χ4n) is 3.88. The highest BCUT2D eigenvalue weighted by molar-refractivity contribution is 6.30. The number of aryl methyl sites for hydroxylation is 1. The van der Waals surface area contributed by atoms with E-state index >= 15 is 0 Å². The lowest BCUT2D eigenvalue weighted by atomic mass is 10.0. The topological polar surface area (TPSA) is 65.5 Å². The molecule has 1 fully saturated rings. The summed E-state index contributed by atoms with van der Waals surface area (Å²) in [4.78, 5) is 18.4. The molecule has 2 N–H and O–H groups in total. The van der Waals surface area contributed by atoms with Gasteiger partial charge in [-0.15, -0.1) is 0 Å². The summed E-state index contributed by atoms with van der Waals surface area (Å²) in [6.07, 6.45) is 2.35. The number of rotatable bonds is 7. The molecule has 0 spiro atoms. The molecule has 0 radical (unpaired) electrons. The first kappa shape index (κ1) is 22.1. The molecular weight excluding hydrogens is 429 g/mol. The third kappa shape index (κ3) is 5.02. The molecule has 7 heteroatoms. The first-order chi connectivity index (χ1) is 15.4. The Kier molecular flexibility index (Phi) is 6.61. The molecule has 1 aliphatic rings. The number of halogens is 2. The molecule has 5 nitrogen and oxygen atoms in total. The number of nitrogens with one attached hydrogen (secondary N) is 1. The Labute approximate surface area is 191 Å². The van der Waals surface area contributed by atoms with Gasteiger partial charge in [0.25, 0.3) is 0 Å². The van der Waals surface area contributed by atoms with Gasteiger partial charge in [-0.05, 0) is 67.3 Å². The first-order valence-electron chi connectivity index (χ1n) is 10.7. The number of hydrogen-bond donors (Lipinski definition) is 2. The van der Waals surface area contributed by atoms with Crippen LogP contribution in [0.1, 0.15) is 24.8 Å². The van der Waals surface area contributed by atoms with Gasteiger partial charge in [-0.25, -0.2) is 9.37 Å². The zero-order valence-electron chi connectivity index (χ0n) is 17.9. The van der Waals surface area contributed by atoms with Crippen LogP contribution in [0, 0.1) is 12.7 Å². The SMILES string of the molecule is Cc1ccc(O)c(-c2cc(-c3ccc(Cl)c(F)c3)cc(NCCCN3CCCC3=O)n2)c1. The molecule has 1 amide bonds. The molecule has 166 valence electrons. The Morgan fingerprint density at radius 3 is 2.75 bits per heavy atom. The lowest BCUT2D eigenvalue weighted by Crippen LogP contribution is -2.27. The van der Waals surface area contributed by atoms with E-state index in [0.717, 1.165) is 30.5 Å². The van der Waals surface area contributed by atoms with E-state index in [-0.39, 0.29) is 16.7 Å². The average molecular weight is 454 g/mol. The van der Waals surface area contributed by atoms with Gasteiger partial charge >= 0.3 is 0 Å². The predicted molar refractivity (Wildman–Crippen MR) is 125 cm³/mol. The number of anilines is 1. The fraction of sp³-hybridized carbons (Fsp3) is 0.280. The summed E-state index contributed by atoms with van der Waals surface area (Å²) in [5.74, 6) is 0.459. The van der Waals surface area contributed by atoms with Gasteiger partial charge in [0.15, 0.2) is 0 Å². The number of aromatic hydroxyl groups is 1. The first-order valence-corrected chi connectivity index (χ1v) is 11.1. The molecule has 3 aromatic rings. The van der Waals surface area contributed by atoms with Crippen LogP contribution in [0.5, 0.6) is 5.75 Å². The van der Waals surface area contributed by atoms with E-state index in [1.54, 1.807) is 12.1 Å². The monoisotopic (exact) mass is 453 g/mol. The molecule has 0 unspecified atom stereocenters. The average Bonchev–Trinajstić information content (AvgIpc) is 3.19. The summed E-state index contributed by atoms with van der Waals surface area (Å²) in [6, 6.07) is 13.7. The molecule has 2 aromatic carbocycles. The van der Waals surface area contributed by atoms with E-state index in [0.29, 0.717) is 42.1 Å². The number of aromatic nitrogens is 1. The minimum Gasteiger partial charge on any atom is -0.507 e. The number of carbonyl (C=O) groups excluding carboxylic acids is 1. The van der Waals surface area contributed by atoms with E-state index in [4.69, 9.17) is 11.6 Å². The summed E-state index contributed by atoms with van der Waals surface area (Å²) < 4.78 is 14.1. The van der Waals surface area contributed by atoms with Gasteiger partial charge in [0.1, 0.15) is 17.4 Å². The highest BCUT2D eigenvalue weighted by Crippen LogP contribution is 2.34. The molecule has 32 heavy (non-hydrogen) atoms. The van der Waals surface area contributed by atoms with Crippen molar-refractivity contribution >= 4 is 23.3 Å². The van der Waals surface area contributed by atoms with Crippen molar-refractivity contribution in [1.29, 1.82) is 0 Å². The van der Waals surface area contributed by atoms with Crippen molar-refractivity contribution in [3.8, 4) is 28.1 Å². The number of phenols is 1. The number of carbonyl (C=O) groups is 1. The van der Waals surface area contributed by atoms with Gasteiger partial charge in [0, 0.05) is 31.6 Å². The number of hydrogen-bond acceptors (Lipinski definition) is 4. The Bertz CT molecular complexity index is 1150. The molecule has 2 heterocycles. The molecule has 0 saturated carbocycles. The number of benzene rings is 2. The van der Waals surface area contributed by atoms with Gasteiger partial charge < -0.3 is 15.3 Å². The third-order valence-corrected chi connectivity index (χ3v) is 5.90. The number of nitrogens with zero attached hydrogens (tertiary/aromatic N) is 2. The molecule has 1 aromatic heterocycles. The minimum absolute atomic E-state index is 0.0640. The highest BCUT2D eigenvalue weighted by Gasteiger charge is 2.19. The Balaban J connectivity index is 1.61. The van der Waals surface area contributed by atoms with Crippen LogP contribution in [0.2, 0.25) is 5.02 Å². The minimum atomic E-state index is -0.495. The van der Waals surface area contributed by atoms with Gasteiger partial charge in [-0.3, -0.25) is 4.79 Å². The van der Waals surface area contributed by atoms with Gasteiger partial charge in [0.2, 0.25) is 5.91 Å². The Hall–Kier alpha value is -3.12. The van der Waals surface area contributed by atoms with E-state index in [2.05, 4.69) is 10.3 Å². The van der Waals surface area contributed by atoms with E-state index < -0.39 is 5.82 Å². The lowest BCUT2D eigenvalue weighted by molar-refractivity contribution is -0.127. The van der Waals surface area contributed by atoms with E-state index in [1.165, 1.54) is 12.1 Å². The summed E-state index contributed by atoms with van der Waals surface area (Å²) in [5, 5.41) is 13.8. The number of phenolic OH excluding ortho intramolecular Hbond substituents is 1. The van der Waals surface area contributed by atoms with Gasteiger partial charge in [0.05, 0.1) is 10.7 Å². The van der Waals surface area contributed by atoms with Crippen molar-refractivity contribution in [3.63, 3.8) is 0 Å². The second-order valence-electron chi connectivity index (χ2n) is 8.04. The van der Waals surface area contributed by atoms with Crippen LogP contribution in [-0.2, 0) is 4.79 Å². The van der Waals surface area contributed by atoms with Crippen LogP contribution >= 0.6 is 11.6 Å². The van der Waals surface area contributed by atoms with Crippen LogP contribution in [-0.4, -0.2) is 40.5 Å². The Morgan fingerprint density at radius 2 is 2.00 bits per heavy atom. The number of pyridine rings is 1. The van der Waals surface area contributed by atoms with Crippen molar-refractivity contribution in [2.45, 2.75) is 26.2 Å². The van der Waals surface area contributed by atoms with Crippen LogP contribution in [0.15, 0.2) is 48.5 Å². The maximum Gasteiger partial charge on any atom is 0.222 e. The van der Waals surface area contributed by atoms with Crippen molar-refractivity contribution < 1.29 is 14.3 Å². The molecule has 1 aliphatic heterocycles. The van der Waals surface area contributed by atoms with E-state index in [9.17, 15) is 14.3 Å². The fourth-order valence-corrected chi connectivity index (χ4v) is 4.00. The summed E-state index contributed by atoms with van der Waals surface area (Å²) in [5.41, 5.74) is 3.59. The molecular formula is C25H25ClFN3O2. The predicted octanol–water partition coefficient (Wildman–Crippen LogP) is 5.65. The van der Waals surface area contributed by atoms with E-state index in [1.807, 2.05) is 36.1 Å². The van der Waals surface area contributed by atoms with Gasteiger partial charge in [-0.2, -0.15) is 0 Å². The molecule has 0 aliphatic carbocycles. The number of likely N-dealkylation sites (tertiary alicyclic amines) is 1. The molecule has 1 saturated heterocycles. The summed E-state index contributed by atoms with van der Waals surface area (Å²) >= 11 is 5.85. The van der Waals surface area contributed by atoms with Crippen molar-refractivity contribution in [2.75, 3.05) is 25.0 Å². The largest absolute Gasteiger partial charge is 0.507 e. The standard InChI is InChI=1S/C25H25ClFN3O2/c1-16-5-8-23(31)19(12-16)22-14-18(17-6-7-20(26)21(27)13-17)15-24(29-22)28-9-3-11-30-10-2-4-25(30)32/h5-8,12-15,31H,2-4,9-11H2,1H3,(H,28,29). The van der Waals surface area contributed by atoms with Crippen molar-refractivity contribution in [3.05, 3.63) is 64.9 Å². The van der Waals surface area contributed by atoms with Gasteiger partial charge in [-0.1, -0.05) is 29.3 Å². The molecule has 0 atom stereocenters. The summed E-state index contributed by atoms with van der Waals surface area (Å²) in [7, 11) is 0. The third-order valence-electron chi connectivity index (χ3n) is 5.59. The van der Waals surface area contributed by atoms with Crippen molar-refractivity contribution in [1.82, 2.24) is 9.88 Å². The maximum absolute atomic E-state index is 14.1. The number of amides is 1. The second kappa shape index (κ2) is 9.57.